The molecule has 0 saturated heterocycles. The van der Waals surface area contributed by atoms with Crippen molar-refractivity contribution in [3.8, 4) is 11.1 Å². The van der Waals surface area contributed by atoms with E-state index in [-0.39, 0.29) is 11.1 Å². The molecule has 0 aliphatic carbocycles. The van der Waals surface area contributed by atoms with E-state index < -0.39 is 5.97 Å². The summed E-state index contributed by atoms with van der Waals surface area (Å²) in [5.41, 5.74) is 3.15. The fraction of sp³-hybridized carbons (Fsp3) is 0.143. The number of carbonyl (C=O) groups excluding carboxylic acids is 1. The molecule has 4 nitrogen and oxygen atoms in total. The zero-order chi connectivity index (χ0) is 17.8. The molecule has 0 amide bonds. The molecule has 25 heavy (non-hydrogen) atoms. The first kappa shape index (κ1) is 16.7. The minimum Gasteiger partial charge on any atom is -0.465 e. The SMILES string of the molecule is COC(=O)c1c(-c2ccccc2C)ccn(Cc2ccccc2)c1=O. The highest BCUT2D eigenvalue weighted by Gasteiger charge is 2.20. The van der Waals surface area contributed by atoms with E-state index in [1.165, 1.54) is 11.7 Å². The van der Waals surface area contributed by atoms with Crippen LogP contribution in [0.25, 0.3) is 11.1 Å². The number of aromatic nitrogens is 1. The summed E-state index contributed by atoms with van der Waals surface area (Å²) < 4.78 is 6.40. The van der Waals surface area contributed by atoms with Crippen LogP contribution >= 0.6 is 0 Å². The van der Waals surface area contributed by atoms with Gasteiger partial charge in [-0.25, -0.2) is 4.79 Å². The Balaban J connectivity index is 2.15. The molecule has 0 bridgehead atoms. The van der Waals surface area contributed by atoms with Crippen LogP contribution in [0, 0.1) is 6.92 Å². The second-order valence-electron chi connectivity index (χ2n) is 5.83. The van der Waals surface area contributed by atoms with Crippen LogP contribution < -0.4 is 5.56 Å². The molecule has 0 aliphatic rings. The first-order chi connectivity index (χ1) is 12.1. The highest BCUT2D eigenvalue weighted by molar-refractivity contribution is 5.97. The molecule has 0 aliphatic heterocycles. The van der Waals surface area contributed by atoms with E-state index in [2.05, 4.69) is 0 Å². The largest absolute Gasteiger partial charge is 0.465 e. The van der Waals surface area contributed by atoms with Gasteiger partial charge in [-0.15, -0.1) is 0 Å². The van der Waals surface area contributed by atoms with Gasteiger partial charge < -0.3 is 9.30 Å². The Kier molecular flexibility index (Phi) is 4.80. The van der Waals surface area contributed by atoms with E-state index in [9.17, 15) is 9.59 Å². The molecule has 3 aromatic rings. The smallest absolute Gasteiger partial charge is 0.344 e. The van der Waals surface area contributed by atoms with Gasteiger partial charge in [0.25, 0.3) is 5.56 Å². The number of esters is 1. The highest BCUT2D eigenvalue weighted by atomic mass is 16.5. The third-order valence-corrected chi connectivity index (χ3v) is 4.19. The predicted molar refractivity (Wildman–Crippen MR) is 97.8 cm³/mol. The Morgan fingerprint density at radius 3 is 2.32 bits per heavy atom. The Hall–Kier alpha value is -3.14. The van der Waals surface area contributed by atoms with Gasteiger partial charge in [-0.1, -0.05) is 54.6 Å². The molecule has 3 rings (SSSR count). The molecular formula is C21H19NO3. The molecule has 0 saturated carbocycles. The summed E-state index contributed by atoms with van der Waals surface area (Å²) in [6.07, 6.45) is 1.73. The van der Waals surface area contributed by atoms with Gasteiger partial charge in [0.05, 0.1) is 13.7 Å². The summed E-state index contributed by atoms with van der Waals surface area (Å²) in [5.74, 6) is -0.620. The van der Waals surface area contributed by atoms with Crippen molar-refractivity contribution in [1.82, 2.24) is 4.57 Å². The number of nitrogens with zero attached hydrogens (tertiary/aromatic N) is 1. The van der Waals surface area contributed by atoms with Crippen molar-refractivity contribution in [3.05, 3.63) is 93.9 Å². The highest BCUT2D eigenvalue weighted by Crippen LogP contribution is 2.25. The molecule has 0 N–H and O–H groups in total. The molecule has 2 aromatic carbocycles. The number of carbonyl (C=O) groups is 1. The molecule has 1 aromatic heterocycles. The van der Waals surface area contributed by atoms with Gasteiger partial charge in [0.15, 0.2) is 0 Å². The molecule has 0 radical (unpaired) electrons. The fourth-order valence-electron chi connectivity index (χ4n) is 2.88. The lowest BCUT2D eigenvalue weighted by Gasteiger charge is -2.13. The van der Waals surface area contributed by atoms with E-state index in [0.29, 0.717) is 12.1 Å². The third-order valence-electron chi connectivity index (χ3n) is 4.19. The van der Waals surface area contributed by atoms with Crippen LogP contribution in [0.1, 0.15) is 21.5 Å². The van der Waals surface area contributed by atoms with Gasteiger partial charge in [0.2, 0.25) is 0 Å². The number of aryl methyl sites for hydroxylation is 1. The average molecular weight is 333 g/mol. The monoisotopic (exact) mass is 333 g/mol. The number of ether oxygens (including phenoxy) is 1. The lowest BCUT2D eigenvalue weighted by atomic mass is 9.97. The van der Waals surface area contributed by atoms with Crippen molar-refractivity contribution >= 4 is 5.97 Å². The fourth-order valence-corrected chi connectivity index (χ4v) is 2.88. The Bertz CT molecular complexity index is 958. The molecule has 1 heterocycles. The van der Waals surface area contributed by atoms with Gasteiger partial charge in [0.1, 0.15) is 5.56 Å². The predicted octanol–water partition coefficient (Wildman–Crippen LogP) is 3.66. The van der Waals surface area contributed by atoms with Gasteiger partial charge in [0, 0.05) is 11.8 Å². The summed E-state index contributed by atoms with van der Waals surface area (Å²) >= 11 is 0. The van der Waals surface area contributed by atoms with Crippen LogP contribution in [0.4, 0.5) is 0 Å². The van der Waals surface area contributed by atoms with Crippen LogP contribution in [0.5, 0.6) is 0 Å². The number of rotatable bonds is 4. The van der Waals surface area contributed by atoms with Crippen LogP contribution in [-0.2, 0) is 11.3 Å². The van der Waals surface area contributed by atoms with Gasteiger partial charge >= 0.3 is 5.97 Å². The normalized spacial score (nSPS) is 10.5. The van der Waals surface area contributed by atoms with Crippen LogP contribution in [0.3, 0.4) is 0 Å². The average Bonchev–Trinajstić information content (AvgIpc) is 2.64. The van der Waals surface area contributed by atoms with Crippen molar-refractivity contribution in [2.24, 2.45) is 0 Å². The summed E-state index contributed by atoms with van der Waals surface area (Å²) in [6.45, 7) is 2.35. The Morgan fingerprint density at radius 2 is 1.64 bits per heavy atom. The van der Waals surface area contributed by atoms with E-state index in [0.717, 1.165) is 16.7 Å². The van der Waals surface area contributed by atoms with E-state index in [4.69, 9.17) is 4.74 Å². The molecule has 0 spiro atoms. The summed E-state index contributed by atoms with van der Waals surface area (Å²) in [4.78, 5) is 25.3. The molecule has 4 heteroatoms. The van der Waals surface area contributed by atoms with E-state index >= 15 is 0 Å². The number of benzene rings is 2. The number of hydrogen-bond donors (Lipinski definition) is 0. The second kappa shape index (κ2) is 7.18. The second-order valence-corrected chi connectivity index (χ2v) is 5.83. The third kappa shape index (κ3) is 3.38. The molecule has 0 atom stereocenters. The van der Waals surface area contributed by atoms with Crippen molar-refractivity contribution in [2.75, 3.05) is 7.11 Å². The number of hydrogen-bond acceptors (Lipinski definition) is 3. The standard InChI is InChI=1S/C21H19NO3/c1-15-8-6-7-11-17(15)18-12-13-22(14-16-9-4-3-5-10-16)20(23)19(18)21(24)25-2/h3-13H,14H2,1-2H3. The quantitative estimate of drug-likeness (QED) is 0.685. The number of pyridine rings is 1. The Morgan fingerprint density at radius 1 is 0.960 bits per heavy atom. The van der Waals surface area contributed by atoms with Gasteiger partial charge in [-0.3, -0.25) is 4.79 Å². The first-order valence-corrected chi connectivity index (χ1v) is 8.03. The summed E-state index contributed by atoms with van der Waals surface area (Å²) in [6, 6.07) is 19.1. The van der Waals surface area contributed by atoms with Gasteiger partial charge in [-0.05, 0) is 29.7 Å². The maximum atomic E-state index is 12.9. The van der Waals surface area contributed by atoms with Crippen molar-refractivity contribution in [3.63, 3.8) is 0 Å². The molecular weight excluding hydrogens is 314 g/mol. The van der Waals surface area contributed by atoms with E-state index in [1.807, 2.05) is 61.5 Å². The minimum atomic E-state index is -0.620. The zero-order valence-corrected chi connectivity index (χ0v) is 14.2. The van der Waals surface area contributed by atoms with Gasteiger partial charge in [-0.2, -0.15) is 0 Å². The lowest BCUT2D eigenvalue weighted by Crippen LogP contribution is -2.28. The summed E-state index contributed by atoms with van der Waals surface area (Å²) in [7, 11) is 1.29. The molecule has 0 unspecified atom stereocenters. The van der Waals surface area contributed by atoms with Crippen LogP contribution in [0.2, 0.25) is 0 Å². The van der Waals surface area contributed by atoms with Crippen molar-refractivity contribution in [1.29, 1.82) is 0 Å². The maximum Gasteiger partial charge on any atom is 0.344 e. The molecule has 126 valence electrons. The maximum absolute atomic E-state index is 12.9. The topological polar surface area (TPSA) is 48.3 Å². The van der Waals surface area contributed by atoms with E-state index in [1.54, 1.807) is 12.3 Å². The lowest BCUT2D eigenvalue weighted by molar-refractivity contribution is 0.0599. The first-order valence-electron chi connectivity index (χ1n) is 8.03. The van der Waals surface area contributed by atoms with Crippen molar-refractivity contribution in [2.45, 2.75) is 13.5 Å². The zero-order valence-electron chi connectivity index (χ0n) is 14.2. The Labute approximate surface area is 146 Å². The van der Waals surface area contributed by atoms with Crippen LogP contribution in [-0.4, -0.2) is 17.6 Å². The minimum absolute atomic E-state index is 0.0650. The van der Waals surface area contributed by atoms with Crippen molar-refractivity contribution < 1.29 is 9.53 Å². The molecule has 0 fully saturated rings. The van der Waals surface area contributed by atoms with Crippen LogP contribution in [0.15, 0.2) is 71.7 Å². The summed E-state index contributed by atoms with van der Waals surface area (Å²) in [5, 5.41) is 0. The number of methoxy groups -OCH3 is 1.